The van der Waals surface area contributed by atoms with Crippen LogP contribution in [0.4, 0.5) is 0 Å². The number of hydrogen-bond donors (Lipinski definition) is 0. The first-order chi connectivity index (χ1) is 15.1. The summed E-state index contributed by atoms with van der Waals surface area (Å²) < 4.78 is 27.3. The van der Waals surface area contributed by atoms with Gasteiger partial charge in [-0.15, -0.1) is 0 Å². The number of rotatable bonds is 10. The maximum Gasteiger partial charge on any atom is 0.200 e. The van der Waals surface area contributed by atoms with E-state index in [1.807, 2.05) is 6.26 Å². The van der Waals surface area contributed by atoms with E-state index < -0.39 is 25.0 Å². The maximum absolute atomic E-state index is 7.07. The van der Waals surface area contributed by atoms with E-state index in [2.05, 4.69) is 115 Å². The Labute approximate surface area is 215 Å². The van der Waals surface area contributed by atoms with E-state index in [1.54, 1.807) is 0 Å². The Bertz CT molecular complexity index is 651. The second kappa shape index (κ2) is 11.2. The van der Waals surface area contributed by atoms with Gasteiger partial charge in [-0.05, 0) is 59.0 Å². The van der Waals surface area contributed by atoms with Gasteiger partial charge >= 0.3 is 0 Å². The molecule has 0 saturated heterocycles. The van der Waals surface area contributed by atoms with Gasteiger partial charge in [0.15, 0.2) is 16.6 Å². The maximum atomic E-state index is 7.07. The van der Waals surface area contributed by atoms with Crippen LogP contribution in [-0.2, 0) is 18.0 Å². The highest BCUT2D eigenvalue weighted by atomic mass is 28.4. The molecule has 1 rings (SSSR count). The monoisotopic (exact) mass is 530 g/mol. The zero-order valence-electron chi connectivity index (χ0n) is 25.5. The van der Waals surface area contributed by atoms with Gasteiger partial charge in [-0.2, -0.15) is 0 Å². The highest BCUT2D eigenvalue weighted by Gasteiger charge is 2.50. The van der Waals surface area contributed by atoms with Gasteiger partial charge in [-0.3, -0.25) is 0 Å². The van der Waals surface area contributed by atoms with Crippen LogP contribution in [0.25, 0.3) is 0 Å². The summed E-state index contributed by atoms with van der Waals surface area (Å²) in [6.07, 6.45) is 3.45. The first kappa shape index (κ1) is 32.1. The number of ether oxygens (including phenoxy) is 1. The van der Waals surface area contributed by atoms with E-state index in [0.717, 1.165) is 0 Å². The van der Waals surface area contributed by atoms with Gasteiger partial charge in [-0.25, -0.2) is 0 Å². The highest BCUT2D eigenvalue weighted by Crippen LogP contribution is 2.44. The molecule has 0 bridgehead atoms. The molecule has 34 heavy (non-hydrogen) atoms. The van der Waals surface area contributed by atoms with Crippen molar-refractivity contribution in [1.29, 1.82) is 0 Å². The minimum atomic E-state index is -2.06. The van der Waals surface area contributed by atoms with Gasteiger partial charge in [0.05, 0.1) is 19.0 Å². The summed E-state index contributed by atoms with van der Waals surface area (Å²) in [7, 11) is -6.08. The van der Waals surface area contributed by atoms with Crippen molar-refractivity contribution in [3.63, 3.8) is 0 Å². The van der Waals surface area contributed by atoms with Crippen molar-refractivity contribution < 1.29 is 18.0 Å². The van der Waals surface area contributed by atoms with E-state index in [-0.39, 0.29) is 28.4 Å². The van der Waals surface area contributed by atoms with Crippen LogP contribution in [0, 0.1) is 0 Å². The SMILES string of the molecule is CC(C)[Si](OC[C@H]1OC=C[C@@H](O[Si](C)(C)C(C)(C)C)[C@H]1O[Si](C)(C)C(C)(C)C)(C(C)C)C(C)C. The molecule has 0 aliphatic carbocycles. The first-order valence-corrected chi connectivity index (χ1v) is 21.4. The smallest absolute Gasteiger partial charge is 0.200 e. The highest BCUT2D eigenvalue weighted by molar-refractivity contribution is 6.77. The van der Waals surface area contributed by atoms with E-state index in [1.165, 1.54) is 0 Å². The van der Waals surface area contributed by atoms with E-state index in [9.17, 15) is 0 Å². The van der Waals surface area contributed by atoms with Crippen LogP contribution in [0.5, 0.6) is 0 Å². The summed E-state index contributed by atoms with van der Waals surface area (Å²) in [6.45, 7) is 37.6. The zero-order valence-corrected chi connectivity index (χ0v) is 28.5. The summed E-state index contributed by atoms with van der Waals surface area (Å²) in [5.74, 6) is 0. The molecule has 1 aliphatic heterocycles. The molecule has 0 amide bonds. The van der Waals surface area contributed by atoms with E-state index in [4.69, 9.17) is 18.0 Å². The largest absolute Gasteiger partial charge is 0.493 e. The van der Waals surface area contributed by atoms with Gasteiger partial charge in [0, 0.05) is 0 Å². The fourth-order valence-electron chi connectivity index (χ4n) is 4.77. The molecule has 0 radical (unpaired) electrons. The standard InChI is InChI=1S/C27H58O4Si3/c1-20(2)34(21(3)4,22(5)6)29-19-24-25(31-33(15,16)27(10,11)12)23(17-18-28-24)30-32(13,14)26(7,8)9/h17-18,20-25H,19H2,1-16H3/t23-,24-,25-/m1/s1. The number of hydrogen-bond acceptors (Lipinski definition) is 4. The second-order valence-electron chi connectivity index (χ2n) is 14.3. The van der Waals surface area contributed by atoms with Crippen LogP contribution in [0.2, 0.25) is 52.9 Å². The van der Waals surface area contributed by atoms with Gasteiger partial charge in [0.2, 0.25) is 8.32 Å². The molecule has 0 saturated carbocycles. The van der Waals surface area contributed by atoms with Crippen LogP contribution in [0.1, 0.15) is 83.1 Å². The van der Waals surface area contributed by atoms with E-state index >= 15 is 0 Å². The van der Waals surface area contributed by atoms with Gasteiger partial charge in [0.25, 0.3) is 0 Å². The predicted octanol–water partition coefficient (Wildman–Crippen LogP) is 8.87. The minimum absolute atomic E-state index is 0.105. The van der Waals surface area contributed by atoms with Crippen molar-refractivity contribution in [2.45, 2.75) is 154 Å². The lowest BCUT2D eigenvalue weighted by Crippen LogP contribution is -2.58. The molecule has 0 fully saturated rings. The molecule has 0 aromatic heterocycles. The third-order valence-corrected chi connectivity index (χ3v) is 23.9. The molecule has 0 unspecified atom stereocenters. The third-order valence-electron chi connectivity index (χ3n) is 8.89. The van der Waals surface area contributed by atoms with Crippen molar-refractivity contribution in [1.82, 2.24) is 0 Å². The lowest BCUT2D eigenvalue weighted by molar-refractivity contribution is -0.0685. The Morgan fingerprint density at radius 3 is 1.53 bits per heavy atom. The van der Waals surface area contributed by atoms with Gasteiger partial charge in [-0.1, -0.05) is 83.1 Å². The van der Waals surface area contributed by atoms with Gasteiger partial charge < -0.3 is 18.0 Å². The quantitative estimate of drug-likeness (QED) is 0.264. The lowest BCUT2D eigenvalue weighted by Gasteiger charge is -2.48. The summed E-state index contributed by atoms with van der Waals surface area (Å²) in [6, 6.07) is 0. The molecular formula is C27H58O4Si3. The zero-order chi connectivity index (χ0) is 26.9. The molecule has 0 N–H and O–H groups in total. The Kier molecular flexibility index (Phi) is 10.6. The fourth-order valence-corrected chi connectivity index (χ4v) is 12.8. The molecular weight excluding hydrogens is 473 g/mol. The lowest BCUT2D eigenvalue weighted by atomic mass is 10.1. The third kappa shape index (κ3) is 7.09. The summed E-state index contributed by atoms with van der Waals surface area (Å²) >= 11 is 0. The first-order valence-electron chi connectivity index (χ1n) is 13.4. The molecule has 1 aliphatic rings. The predicted molar refractivity (Wildman–Crippen MR) is 155 cm³/mol. The average molecular weight is 531 g/mol. The van der Waals surface area contributed by atoms with Crippen molar-refractivity contribution in [2.24, 2.45) is 0 Å². The van der Waals surface area contributed by atoms with Crippen molar-refractivity contribution >= 4 is 25.0 Å². The molecule has 7 heteroatoms. The molecule has 202 valence electrons. The molecule has 0 spiro atoms. The molecule has 4 nitrogen and oxygen atoms in total. The summed E-state index contributed by atoms with van der Waals surface area (Å²) in [5, 5.41) is 0.231. The topological polar surface area (TPSA) is 36.9 Å². The molecule has 1 heterocycles. The average Bonchev–Trinajstić information content (AvgIpc) is 2.61. The molecule has 0 aromatic rings. The fraction of sp³-hybridized carbons (Fsp3) is 0.926. The van der Waals surface area contributed by atoms with Gasteiger partial charge in [0.1, 0.15) is 12.2 Å². The van der Waals surface area contributed by atoms with Crippen LogP contribution >= 0.6 is 0 Å². The Morgan fingerprint density at radius 1 is 0.735 bits per heavy atom. The Balaban J connectivity index is 3.36. The van der Waals surface area contributed by atoms with Crippen LogP contribution < -0.4 is 0 Å². The summed E-state index contributed by atoms with van der Waals surface area (Å²) in [5.41, 5.74) is 1.60. The molecule has 0 aromatic carbocycles. The van der Waals surface area contributed by atoms with Crippen LogP contribution in [-0.4, -0.2) is 49.9 Å². The van der Waals surface area contributed by atoms with E-state index in [0.29, 0.717) is 23.2 Å². The Morgan fingerprint density at radius 2 is 1.15 bits per heavy atom. The van der Waals surface area contributed by atoms with Crippen molar-refractivity contribution in [3.8, 4) is 0 Å². The Hall–Kier alpha value is 0.0706. The summed E-state index contributed by atoms with van der Waals surface area (Å²) in [4.78, 5) is 0. The second-order valence-corrected chi connectivity index (χ2v) is 29.3. The normalized spacial score (nSPS) is 23.2. The van der Waals surface area contributed by atoms with Crippen LogP contribution in [0.3, 0.4) is 0 Å². The van der Waals surface area contributed by atoms with Crippen molar-refractivity contribution in [3.05, 3.63) is 12.3 Å². The molecule has 3 atom stereocenters. The van der Waals surface area contributed by atoms with Crippen LogP contribution in [0.15, 0.2) is 12.3 Å². The van der Waals surface area contributed by atoms with Crippen molar-refractivity contribution in [2.75, 3.05) is 6.61 Å². The minimum Gasteiger partial charge on any atom is -0.493 e.